The normalized spacial score (nSPS) is 14.2. The van der Waals surface area contributed by atoms with Crippen LogP contribution >= 0.6 is 24.8 Å². The van der Waals surface area contributed by atoms with Gasteiger partial charge in [0, 0.05) is 39.1 Å². The van der Waals surface area contributed by atoms with Crippen molar-refractivity contribution in [3.63, 3.8) is 0 Å². The number of hydrogen-bond donors (Lipinski definition) is 1. The molecular formula is C16H24Cl2N4O2. The van der Waals surface area contributed by atoms with Crippen molar-refractivity contribution < 1.29 is 9.21 Å². The molecule has 1 aromatic carbocycles. The van der Waals surface area contributed by atoms with E-state index in [2.05, 4.69) is 15.2 Å². The van der Waals surface area contributed by atoms with E-state index in [4.69, 9.17) is 4.42 Å². The average Bonchev–Trinajstić information content (AvgIpc) is 2.95. The van der Waals surface area contributed by atoms with Crippen molar-refractivity contribution >= 4 is 47.8 Å². The standard InChI is InChI=1S/C16H22N4O2.2ClH/c1-12-3-4-14-13(11-12)18-16(22-14)20-9-7-19(8-10-20)15(21)5-6-17-2;;/h3-4,11,17H,5-10H2,1-2H3;2*1H. The lowest BCUT2D eigenvalue weighted by Crippen LogP contribution is -2.49. The van der Waals surface area contributed by atoms with Crippen LogP contribution in [0, 0.1) is 6.92 Å². The molecule has 1 amide bonds. The molecule has 24 heavy (non-hydrogen) atoms. The van der Waals surface area contributed by atoms with E-state index in [-0.39, 0.29) is 30.7 Å². The quantitative estimate of drug-likeness (QED) is 0.888. The summed E-state index contributed by atoms with van der Waals surface area (Å²) in [6, 6.07) is 6.66. The van der Waals surface area contributed by atoms with Crippen LogP contribution in [0.4, 0.5) is 6.01 Å². The lowest BCUT2D eigenvalue weighted by molar-refractivity contribution is -0.131. The van der Waals surface area contributed by atoms with Gasteiger partial charge in [-0.3, -0.25) is 4.79 Å². The highest BCUT2D eigenvalue weighted by molar-refractivity contribution is 5.85. The SMILES string of the molecule is CNCCC(=O)N1CCN(c2nc3cc(C)ccc3o2)CC1.Cl.Cl. The molecular weight excluding hydrogens is 351 g/mol. The minimum absolute atomic E-state index is 0. The predicted molar refractivity (Wildman–Crippen MR) is 101 cm³/mol. The summed E-state index contributed by atoms with van der Waals surface area (Å²) in [6.45, 7) is 5.74. The van der Waals surface area contributed by atoms with Gasteiger partial charge in [0.25, 0.3) is 6.01 Å². The number of oxazole rings is 1. The summed E-state index contributed by atoms with van der Waals surface area (Å²) in [5.74, 6) is 0.210. The number of anilines is 1. The van der Waals surface area contributed by atoms with E-state index >= 15 is 0 Å². The van der Waals surface area contributed by atoms with Gasteiger partial charge >= 0.3 is 0 Å². The van der Waals surface area contributed by atoms with Crippen LogP contribution in [0.25, 0.3) is 11.1 Å². The van der Waals surface area contributed by atoms with E-state index in [1.165, 1.54) is 5.56 Å². The maximum atomic E-state index is 12.0. The Morgan fingerprint density at radius 1 is 1.25 bits per heavy atom. The van der Waals surface area contributed by atoms with Crippen molar-refractivity contribution in [2.24, 2.45) is 0 Å². The summed E-state index contributed by atoms with van der Waals surface area (Å²) < 4.78 is 5.82. The Hall–Kier alpha value is -1.50. The van der Waals surface area contributed by atoms with Crippen LogP contribution < -0.4 is 10.2 Å². The Balaban J connectivity index is 0.00000144. The van der Waals surface area contributed by atoms with Gasteiger partial charge in [-0.1, -0.05) is 6.07 Å². The Kier molecular flexibility index (Phi) is 7.79. The van der Waals surface area contributed by atoms with Gasteiger partial charge in [-0.25, -0.2) is 0 Å². The number of piperazine rings is 1. The second-order valence-electron chi connectivity index (χ2n) is 5.69. The number of fused-ring (bicyclic) bond motifs is 1. The number of amides is 1. The number of aryl methyl sites for hydroxylation is 1. The number of hydrogen-bond acceptors (Lipinski definition) is 5. The molecule has 1 aromatic heterocycles. The first-order valence-corrected chi connectivity index (χ1v) is 7.72. The zero-order valence-electron chi connectivity index (χ0n) is 13.9. The third-order valence-electron chi connectivity index (χ3n) is 4.02. The fraction of sp³-hybridized carbons (Fsp3) is 0.500. The van der Waals surface area contributed by atoms with Gasteiger partial charge in [0.1, 0.15) is 5.52 Å². The molecule has 1 fully saturated rings. The van der Waals surface area contributed by atoms with E-state index in [0.29, 0.717) is 12.4 Å². The Morgan fingerprint density at radius 3 is 2.62 bits per heavy atom. The Morgan fingerprint density at radius 2 is 1.96 bits per heavy atom. The molecule has 1 aliphatic heterocycles. The molecule has 6 nitrogen and oxygen atoms in total. The van der Waals surface area contributed by atoms with Gasteiger partial charge < -0.3 is 19.5 Å². The van der Waals surface area contributed by atoms with Crippen LogP contribution in [0.15, 0.2) is 22.6 Å². The molecule has 0 unspecified atom stereocenters. The molecule has 3 rings (SSSR count). The zero-order valence-corrected chi connectivity index (χ0v) is 15.6. The van der Waals surface area contributed by atoms with Crippen molar-refractivity contribution in [1.82, 2.24) is 15.2 Å². The summed E-state index contributed by atoms with van der Waals surface area (Å²) in [5.41, 5.74) is 2.88. The van der Waals surface area contributed by atoms with E-state index in [9.17, 15) is 4.79 Å². The number of nitrogens with one attached hydrogen (secondary N) is 1. The van der Waals surface area contributed by atoms with Crippen molar-refractivity contribution in [3.8, 4) is 0 Å². The van der Waals surface area contributed by atoms with Crippen molar-refractivity contribution in [2.75, 3.05) is 44.7 Å². The molecule has 0 saturated carbocycles. The first-order chi connectivity index (χ1) is 10.7. The Labute approximate surface area is 154 Å². The number of halogens is 2. The fourth-order valence-electron chi connectivity index (χ4n) is 2.70. The van der Waals surface area contributed by atoms with Gasteiger partial charge in [0.05, 0.1) is 0 Å². The predicted octanol–water partition coefficient (Wildman–Crippen LogP) is 2.24. The second-order valence-corrected chi connectivity index (χ2v) is 5.69. The van der Waals surface area contributed by atoms with Crippen LogP contribution in [-0.4, -0.2) is 55.6 Å². The summed E-state index contributed by atoms with van der Waals surface area (Å²) in [5, 5.41) is 3.01. The lowest BCUT2D eigenvalue weighted by atomic mass is 10.2. The summed E-state index contributed by atoms with van der Waals surface area (Å²) >= 11 is 0. The fourth-order valence-corrected chi connectivity index (χ4v) is 2.70. The van der Waals surface area contributed by atoms with Crippen LogP contribution in [0.5, 0.6) is 0 Å². The number of nitrogens with zero attached hydrogens (tertiary/aromatic N) is 3. The maximum absolute atomic E-state index is 12.0. The molecule has 8 heteroatoms. The molecule has 2 aromatic rings. The van der Waals surface area contributed by atoms with Gasteiger partial charge in [-0.05, 0) is 31.7 Å². The summed E-state index contributed by atoms with van der Waals surface area (Å²) in [6.07, 6.45) is 0.554. The second kappa shape index (κ2) is 9.11. The molecule has 0 radical (unpaired) electrons. The van der Waals surface area contributed by atoms with Crippen LogP contribution in [0.1, 0.15) is 12.0 Å². The smallest absolute Gasteiger partial charge is 0.298 e. The molecule has 1 saturated heterocycles. The third-order valence-corrected chi connectivity index (χ3v) is 4.02. The highest BCUT2D eigenvalue weighted by atomic mass is 35.5. The number of carbonyl (C=O) groups is 1. The zero-order chi connectivity index (χ0) is 15.5. The molecule has 2 heterocycles. The molecule has 1 N–H and O–H groups in total. The first kappa shape index (κ1) is 20.5. The minimum atomic E-state index is 0. The topological polar surface area (TPSA) is 61.6 Å². The third kappa shape index (κ3) is 4.53. The molecule has 0 aliphatic carbocycles. The van der Waals surface area contributed by atoms with Crippen LogP contribution in [-0.2, 0) is 4.79 Å². The van der Waals surface area contributed by atoms with Gasteiger partial charge in [-0.15, -0.1) is 24.8 Å². The van der Waals surface area contributed by atoms with Crippen LogP contribution in [0.3, 0.4) is 0 Å². The highest BCUT2D eigenvalue weighted by Crippen LogP contribution is 2.23. The Bertz CT molecular complexity index is 669. The molecule has 0 bridgehead atoms. The van der Waals surface area contributed by atoms with E-state index in [0.717, 1.165) is 43.8 Å². The van der Waals surface area contributed by atoms with Gasteiger partial charge in [0.2, 0.25) is 5.91 Å². The number of aromatic nitrogens is 1. The first-order valence-electron chi connectivity index (χ1n) is 7.72. The number of carbonyl (C=O) groups excluding carboxylic acids is 1. The van der Waals surface area contributed by atoms with E-state index in [1.54, 1.807) is 0 Å². The highest BCUT2D eigenvalue weighted by Gasteiger charge is 2.23. The van der Waals surface area contributed by atoms with Crippen molar-refractivity contribution in [3.05, 3.63) is 23.8 Å². The summed E-state index contributed by atoms with van der Waals surface area (Å²) in [7, 11) is 1.86. The van der Waals surface area contributed by atoms with E-state index < -0.39 is 0 Å². The largest absolute Gasteiger partial charge is 0.423 e. The lowest BCUT2D eigenvalue weighted by Gasteiger charge is -2.33. The van der Waals surface area contributed by atoms with E-state index in [1.807, 2.05) is 37.1 Å². The van der Waals surface area contributed by atoms with Gasteiger partial charge in [0.15, 0.2) is 5.58 Å². The van der Waals surface area contributed by atoms with Crippen molar-refractivity contribution in [1.29, 1.82) is 0 Å². The van der Waals surface area contributed by atoms with Crippen molar-refractivity contribution in [2.45, 2.75) is 13.3 Å². The average molecular weight is 375 g/mol. The van der Waals surface area contributed by atoms with Gasteiger partial charge in [-0.2, -0.15) is 4.98 Å². The maximum Gasteiger partial charge on any atom is 0.298 e. The molecule has 1 aliphatic rings. The molecule has 0 spiro atoms. The number of rotatable bonds is 4. The number of benzene rings is 1. The van der Waals surface area contributed by atoms with Crippen LogP contribution in [0.2, 0.25) is 0 Å². The summed E-state index contributed by atoms with van der Waals surface area (Å²) in [4.78, 5) is 20.6. The minimum Gasteiger partial charge on any atom is -0.423 e. The monoisotopic (exact) mass is 374 g/mol. The molecule has 134 valence electrons. The molecule has 0 atom stereocenters.